The molecular weight excluding hydrogens is 252 g/mol. The zero-order valence-corrected chi connectivity index (χ0v) is 11.4. The number of rotatable bonds is 6. The van der Waals surface area contributed by atoms with E-state index < -0.39 is 5.92 Å². The van der Waals surface area contributed by atoms with Crippen molar-refractivity contribution in [3.05, 3.63) is 34.3 Å². The van der Waals surface area contributed by atoms with Crippen LogP contribution in [-0.4, -0.2) is 18.9 Å². The first-order chi connectivity index (χ1) is 8.58. The molecule has 3 nitrogen and oxygen atoms in total. The lowest BCUT2D eigenvalue weighted by Crippen LogP contribution is -2.13. The molecule has 1 aromatic rings. The number of aryl methyl sites for hydroxylation is 1. The third-order valence-corrected chi connectivity index (χ3v) is 2.89. The average molecular weight is 269 g/mol. The summed E-state index contributed by atoms with van der Waals surface area (Å²) in [6, 6.07) is 5.45. The summed E-state index contributed by atoms with van der Waals surface area (Å²) in [5.41, 5.74) is 1.92. The third kappa shape index (κ3) is 4.15. The molecule has 0 bridgehead atoms. The fourth-order valence-electron chi connectivity index (χ4n) is 1.83. The summed E-state index contributed by atoms with van der Waals surface area (Å²) < 4.78 is 4.91. The summed E-state index contributed by atoms with van der Waals surface area (Å²) in [4.78, 5) is 21.9. The highest BCUT2D eigenvalue weighted by Gasteiger charge is 2.16. The van der Waals surface area contributed by atoms with Crippen LogP contribution in [0.3, 0.4) is 0 Å². The van der Waals surface area contributed by atoms with Crippen LogP contribution in [0, 0.1) is 0 Å². The van der Waals surface area contributed by atoms with E-state index in [-0.39, 0.29) is 12.6 Å². The molecular formula is C14H17ClO3. The maximum Gasteiger partial charge on any atom is 0.302 e. The lowest BCUT2D eigenvalue weighted by molar-refractivity contribution is -0.141. The molecule has 0 fully saturated rings. The topological polar surface area (TPSA) is 43.4 Å². The van der Waals surface area contributed by atoms with Crippen LogP contribution in [-0.2, 0) is 20.7 Å². The van der Waals surface area contributed by atoms with Gasteiger partial charge >= 0.3 is 5.97 Å². The van der Waals surface area contributed by atoms with Gasteiger partial charge in [-0.1, -0.05) is 31.0 Å². The number of esters is 1. The second kappa shape index (κ2) is 7.17. The zero-order chi connectivity index (χ0) is 13.5. The molecule has 98 valence electrons. The molecule has 18 heavy (non-hydrogen) atoms. The van der Waals surface area contributed by atoms with E-state index in [1.807, 2.05) is 12.1 Å². The highest BCUT2D eigenvalue weighted by molar-refractivity contribution is 6.30. The van der Waals surface area contributed by atoms with Crippen LogP contribution in [0.5, 0.6) is 0 Å². The number of ether oxygens (including phenoxy) is 1. The number of hydrogen-bond donors (Lipinski definition) is 0. The van der Waals surface area contributed by atoms with E-state index in [1.54, 1.807) is 6.07 Å². The van der Waals surface area contributed by atoms with Crippen molar-refractivity contribution in [3.63, 3.8) is 0 Å². The monoisotopic (exact) mass is 268 g/mol. The smallest absolute Gasteiger partial charge is 0.302 e. The Kier molecular flexibility index (Phi) is 5.86. The van der Waals surface area contributed by atoms with Gasteiger partial charge in [-0.05, 0) is 29.7 Å². The Bertz CT molecular complexity index is 429. The van der Waals surface area contributed by atoms with Crippen molar-refractivity contribution >= 4 is 23.9 Å². The van der Waals surface area contributed by atoms with Gasteiger partial charge in [0, 0.05) is 11.9 Å². The summed E-state index contributed by atoms with van der Waals surface area (Å²) >= 11 is 5.95. The minimum atomic E-state index is -0.423. The van der Waals surface area contributed by atoms with Crippen molar-refractivity contribution in [2.24, 2.45) is 0 Å². The molecule has 0 saturated heterocycles. The van der Waals surface area contributed by atoms with E-state index in [2.05, 4.69) is 6.92 Å². The highest BCUT2D eigenvalue weighted by atomic mass is 35.5. The Morgan fingerprint density at radius 1 is 1.50 bits per heavy atom. The first kappa shape index (κ1) is 14.7. The van der Waals surface area contributed by atoms with Gasteiger partial charge in [-0.2, -0.15) is 0 Å². The predicted molar refractivity (Wildman–Crippen MR) is 70.9 cm³/mol. The molecule has 0 aliphatic rings. The first-order valence-electron chi connectivity index (χ1n) is 5.95. The van der Waals surface area contributed by atoms with E-state index in [0.29, 0.717) is 5.02 Å². The summed E-state index contributed by atoms with van der Waals surface area (Å²) in [7, 11) is 0. The average Bonchev–Trinajstić information content (AvgIpc) is 2.32. The van der Waals surface area contributed by atoms with Crippen LogP contribution in [0.4, 0.5) is 0 Å². The number of carbonyl (C=O) groups excluding carboxylic acids is 2. The maximum absolute atomic E-state index is 11.1. The van der Waals surface area contributed by atoms with Crippen LogP contribution in [0.1, 0.15) is 37.3 Å². The second-order valence-electron chi connectivity index (χ2n) is 4.14. The summed E-state index contributed by atoms with van der Waals surface area (Å²) in [5.74, 6) is -0.805. The fraction of sp³-hybridized carbons (Fsp3) is 0.429. The van der Waals surface area contributed by atoms with Gasteiger partial charge < -0.3 is 9.53 Å². The summed E-state index contributed by atoms with van der Waals surface area (Å²) in [5, 5.41) is 0.652. The Hall–Kier alpha value is -1.35. The van der Waals surface area contributed by atoms with Gasteiger partial charge in [0.2, 0.25) is 0 Å². The largest absolute Gasteiger partial charge is 0.465 e. The Morgan fingerprint density at radius 3 is 2.78 bits per heavy atom. The van der Waals surface area contributed by atoms with Crippen LogP contribution in [0.2, 0.25) is 5.02 Å². The number of hydrogen-bond acceptors (Lipinski definition) is 3. The molecule has 0 aromatic heterocycles. The quantitative estimate of drug-likeness (QED) is 0.588. The van der Waals surface area contributed by atoms with Crippen LogP contribution in [0.15, 0.2) is 18.2 Å². The molecule has 0 N–H and O–H groups in total. The normalized spacial score (nSPS) is 11.9. The van der Waals surface area contributed by atoms with Crippen molar-refractivity contribution in [1.29, 1.82) is 0 Å². The molecule has 0 radical (unpaired) electrons. The highest BCUT2D eigenvalue weighted by Crippen LogP contribution is 2.24. The second-order valence-corrected chi connectivity index (χ2v) is 4.57. The molecule has 0 spiro atoms. The standard InChI is InChI=1S/C14H17ClO3/c1-3-4-11-7-13(15)5-6-14(11)12(8-16)9-18-10(2)17/h5-8,12H,3-4,9H2,1-2H3. The van der Waals surface area contributed by atoms with Crippen molar-refractivity contribution in [3.8, 4) is 0 Å². The van der Waals surface area contributed by atoms with E-state index in [4.69, 9.17) is 16.3 Å². The van der Waals surface area contributed by atoms with Gasteiger partial charge in [0.25, 0.3) is 0 Å². The Balaban J connectivity index is 2.96. The SMILES string of the molecule is CCCc1cc(Cl)ccc1C(C=O)COC(C)=O. The van der Waals surface area contributed by atoms with Gasteiger partial charge in [0.05, 0.1) is 5.92 Å². The van der Waals surface area contributed by atoms with Gasteiger partial charge in [-0.3, -0.25) is 4.79 Å². The molecule has 0 saturated carbocycles. The number of carbonyl (C=O) groups is 2. The predicted octanol–water partition coefficient (Wildman–Crippen LogP) is 3.14. The number of aldehydes is 1. The third-order valence-electron chi connectivity index (χ3n) is 2.65. The van der Waals surface area contributed by atoms with Crippen molar-refractivity contribution in [2.45, 2.75) is 32.6 Å². The molecule has 0 amide bonds. The Morgan fingerprint density at radius 2 is 2.22 bits per heavy atom. The Labute approximate surface area is 112 Å². The molecule has 1 unspecified atom stereocenters. The van der Waals surface area contributed by atoms with E-state index in [1.165, 1.54) is 6.92 Å². The summed E-state index contributed by atoms with van der Waals surface area (Å²) in [6.45, 7) is 3.47. The van der Waals surface area contributed by atoms with Crippen LogP contribution < -0.4 is 0 Å². The minimum Gasteiger partial charge on any atom is -0.465 e. The van der Waals surface area contributed by atoms with Crippen molar-refractivity contribution in [2.75, 3.05) is 6.61 Å². The number of halogens is 1. The molecule has 1 aromatic carbocycles. The van der Waals surface area contributed by atoms with Gasteiger partial charge in [0.1, 0.15) is 12.9 Å². The van der Waals surface area contributed by atoms with Crippen LogP contribution in [0.25, 0.3) is 0 Å². The molecule has 1 rings (SSSR count). The van der Waals surface area contributed by atoms with E-state index in [9.17, 15) is 9.59 Å². The van der Waals surface area contributed by atoms with Gasteiger partial charge in [-0.25, -0.2) is 0 Å². The lowest BCUT2D eigenvalue weighted by atomic mass is 9.93. The molecule has 4 heteroatoms. The summed E-state index contributed by atoms with van der Waals surface area (Å²) in [6.07, 6.45) is 2.62. The van der Waals surface area contributed by atoms with Gasteiger partial charge in [0.15, 0.2) is 0 Å². The minimum absolute atomic E-state index is 0.0805. The molecule has 0 heterocycles. The van der Waals surface area contributed by atoms with Crippen molar-refractivity contribution in [1.82, 2.24) is 0 Å². The fourth-order valence-corrected chi connectivity index (χ4v) is 2.03. The van der Waals surface area contributed by atoms with E-state index in [0.717, 1.165) is 30.3 Å². The maximum atomic E-state index is 11.1. The molecule has 0 aliphatic heterocycles. The zero-order valence-electron chi connectivity index (χ0n) is 10.6. The lowest BCUT2D eigenvalue weighted by Gasteiger charge is -2.15. The van der Waals surface area contributed by atoms with E-state index >= 15 is 0 Å². The number of benzene rings is 1. The molecule has 0 aliphatic carbocycles. The molecule has 1 atom stereocenters. The van der Waals surface area contributed by atoms with Crippen LogP contribution >= 0.6 is 11.6 Å². The van der Waals surface area contributed by atoms with Crippen molar-refractivity contribution < 1.29 is 14.3 Å². The first-order valence-corrected chi connectivity index (χ1v) is 6.33. The van der Waals surface area contributed by atoms with Gasteiger partial charge in [-0.15, -0.1) is 0 Å².